The number of amides is 2. The molecule has 0 saturated carbocycles. The lowest BCUT2D eigenvalue weighted by Gasteiger charge is -2.05. The monoisotopic (exact) mass is 339 g/mol. The first-order chi connectivity index (χ1) is 12.1. The van der Waals surface area contributed by atoms with Crippen molar-refractivity contribution in [3.05, 3.63) is 65.2 Å². The van der Waals surface area contributed by atoms with Gasteiger partial charge in [0.2, 0.25) is 5.91 Å². The maximum Gasteiger partial charge on any atom is 0.259 e. The molecule has 2 rings (SSSR count). The summed E-state index contributed by atoms with van der Waals surface area (Å²) in [6.45, 7) is 1.87. The lowest BCUT2D eigenvalue weighted by molar-refractivity contribution is -0.125. The van der Waals surface area contributed by atoms with E-state index in [0.29, 0.717) is 0 Å². The van der Waals surface area contributed by atoms with E-state index in [1.807, 2.05) is 43.3 Å². The maximum atomic E-state index is 11.8. The molecule has 25 heavy (non-hydrogen) atoms. The van der Waals surface area contributed by atoms with Gasteiger partial charge < -0.3 is 10.1 Å². The second kappa shape index (κ2) is 9.22. The topological polar surface area (TPSA) is 79.8 Å². The molecular weight excluding hydrogens is 318 g/mol. The van der Waals surface area contributed by atoms with Crippen LogP contribution in [0.5, 0.6) is 5.75 Å². The summed E-state index contributed by atoms with van der Waals surface area (Å²) >= 11 is 0. The summed E-state index contributed by atoms with van der Waals surface area (Å²) in [5.41, 5.74) is 5.26. The second-order valence-corrected chi connectivity index (χ2v) is 5.51. The molecule has 6 nitrogen and oxygen atoms in total. The van der Waals surface area contributed by atoms with E-state index in [9.17, 15) is 9.59 Å². The van der Waals surface area contributed by atoms with Crippen LogP contribution in [0.15, 0.2) is 53.6 Å². The summed E-state index contributed by atoms with van der Waals surface area (Å²) < 4.78 is 5.06. The molecule has 2 aromatic rings. The van der Waals surface area contributed by atoms with Crippen molar-refractivity contribution in [2.45, 2.75) is 13.3 Å². The fraction of sp³-hybridized carbons (Fsp3) is 0.211. The number of hydrogen-bond donors (Lipinski definition) is 2. The fourth-order valence-electron chi connectivity index (χ4n) is 2.04. The van der Waals surface area contributed by atoms with Crippen LogP contribution in [0.2, 0.25) is 0 Å². The molecular formula is C19H21N3O3. The van der Waals surface area contributed by atoms with Gasteiger partial charge in [0.05, 0.1) is 26.3 Å². The van der Waals surface area contributed by atoms with Gasteiger partial charge in [-0.25, -0.2) is 5.43 Å². The highest BCUT2D eigenvalue weighted by atomic mass is 16.5. The number of ether oxygens (including phenoxy) is 1. The molecule has 0 aliphatic carbocycles. The largest absolute Gasteiger partial charge is 0.497 e. The predicted molar refractivity (Wildman–Crippen MR) is 96.6 cm³/mol. The first kappa shape index (κ1) is 18.2. The molecule has 6 heteroatoms. The van der Waals surface area contributed by atoms with E-state index in [2.05, 4.69) is 15.8 Å². The van der Waals surface area contributed by atoms with Crippen LogP contribution in [0.4, 0.5) is 0 Å². The summed E-state index contributed by atoms with van der Waals surface area (Å²) in [6.07, 6.45) is 1.75. The number of methoxy groups -OCH3 is 1. The summed E-state index contributed by atoms with van der Waals surface area (Å²) in [6, 6.07) is 14.9. The lowest BCUT2D eigenvalue weighted by Crippen LogP contribution is -2.35. The van der Waals surface area contributed by atoms with Crippen molar-refractivity contribution in [3.8, 4) is 5.75 Å². The van der Waals surface area contributed by atoms with Gasteiger partial charge in [0.1, 0.15) is 5.75 Å². The molecule has 2 amide bonds. The van der Waals surface area contributed by atoms with E-state index < -0.39 is 0 Å². The number of nitrogens with zero attached hydrogens (tertiary/aromatic N) is 1. The highest BCUT2D eigenvalue weighted by Crippen LogP contribution is 2.11. The number of carbonyl (C=O) groups excluding carboxylic acids is 2. The van der Waals surface area contributed by atoms with Crippen LogP contribution in [0.1, 0.15) is 16.7 Å². The smallest absolute Gasteiger partial charge is 0.259 e. The van der Waals surface area contributed by atoms with Gasteiger partial charge in [-0.2, -0.15) is 5.10 Å². The van der Waals surface area contributed by atoms with Gasteiger partial charge in [0.15, 0.2) is 0 Å². The van der Waals surface area contributed by atoms with Crippen LogP contribution >= 0.6 is 0 Å². The molecule has 2 N–H and O–H groups in total. The Kier molecular flexibility index (Phi) is 6.71. The summed E-state index contributed by atoms with van der Waals surface area (Å²) in [5.74, 6) is 0.115. The predicted octanol–water partition coefficient (Wildman–Crippen LogP) is 1.81. The molecule has 0 saturated heterocycles. The Labute approximate surface area is 146 Å². The Morgan fingerprint density at radius 2 is 1.72 bits per heavy atom. The van der Waals surface area contributed by atoms with E-state index in [4.69, 9.17) is 4.74 Å². The van der Waals surface area contributed by atoms with Crippen LogP contribution in [-0.2, 0) is 16.0 Å². The normalized spacial score (nSPS) is 10.5. The highest BCUT2D eigenvalue weighted by molar-refractivity contribution is 5.87. The van der Waals surface area contributed by atoms with Crippen molar-refractivity contribution in [1.82, 2.24) is 10.7 Å². The third-order valence-corrected chi connectivity index (χ3v) is 3.45. The van der Waals surface area contributed by atoms with Gasteiger partial charge in [-0.1, -0.05) is 42.0 Å². The molecule has 0 aliphatic rings. The third-order valence-electron chi connectivity index (χ3n) is 3.45. The van der Waals surface area contributed by atoms with Gasteiger partial charge in [-0.05, 0) is 30.2 Å². The molecule has 0 aliphatic heterocycles. The molecule has 0 unspecified atom stereocenters. The Morgan fingerprint density at radius 3 is 2.36 bits per heavy atom. The van der Waals surface area contributed by atoms with Crippen LogP contribution in [-0.4, -0.2) is 31.7 Å². The number of aryl methyl sites for hydroxylation is 1. The van der Waals surface area contributed by atoms with E-state index >= 15 is 0 Å². The zero-order chi connectivity index (χ0) is 18.1. The zero-order valence-corrected chi connectivity index (χ0v) is 14.3. The Bertz CT molecular complexity index is 738. The van der Waals surface area contributed by atoms with Gasteiger partial charge in [-0.15, -0.1) is 0 Å². The van der Waals surface area contributed by atoms with Crippen molar-refractivity contribution < 1.29 is 14.3 Å². The first-order valence-corrected chi connectivity index (χ1v) is 7.85. The van der Waals surface area contributed by atoms with Crippen molar-refractivity contribution in [2.75, 3.05) is 13.7 Å². The molecule has 0 aromatic heterocycles. The Balaban J connectivity index is 1.71. The SMILES string of the molecule is COc1ccc(CC(=O)NCC(=O)N/N=C\c2ccc(C)cc2)cc1. The van der Waals surface area contributed by atoms with E-state index in [0.717, 1.165) is 22.4 Å². The number of benzene rings is 2. The standard InChI is InChI=1S/C19H21N3O3/c1-14-3-5-16(6-4-14)12-21-22-19(24)13-20-18(23)11-15-7-9-17(25-2)10-8-15/h3-10,12H,11,13H2,1-2H3,(H,20,23)(H,22,24)/b21-12-. The van der Waals surface area contributed by atoms with E-state index in [1.54, 1.807) is 25.5 Å². The van der Waals surface area contributed by atoms with Gasteiger partial charge in [-0.3, -0.25) is 9.59 Å². The minimum absolute atomic E-state index is 0.125. The van der Waals surface area contributed by atoms with Crippen molar-refractivity contribution in [1.29, 1.82) is 0 Å². The minimum atomic E-state index is -0.383. The quantitative estimate of drug-likeness (QED) is 0.596. The number of hydrazone groups is 1. The van der Waals surface area contributed by atoms with Crippen LogP contribution in [0, 0.1) is 6.92 Å². The molecule has 0 spiro atoms. The fourth-order valence-corrected chi connectivity index (χ4v) is 2.04. The van der Waals surface area contributed by atoms with E-state index in [1.165, 1.54) is 0 Å². The van der Waals surface area contributed by atoms with Gasteiger partial charge >= 0.3 is 0 Å². The molecule has 0 bridgehead atoms. The van der Waals surface area contributed by atoms with Crippen molar-refractivity contribution in [2.24, 2.45) is 5.10 Å². The average molecular weight is 339 g/mol. The third kappa shape index (κ3) is 6.47. The van der Waals surface area contributed by atoms with Crippen molar-refractivity contribution >= 4 is 18.0 Å². The molecule has 2 aromatic carbocycles. The molecule has 130 valence electrons. The van der Waals surface area contributed by atoms with Crippen LogP contribution in [0.3, 0.4) is 0 Å². The van der Waals surface area contributed by atoms with Gasteiger partial charge in [0.25, 0.3) is 5.91 Å². The first-order valence-electron chi connectivity index (χ1n) is 7.85. The Hall–Kier alpha value is -3.15. The Morgan fingerprint density at radius 1 is 1.04 bits per heavy atom. The molecule has 0 radical (unpaired) electrons. The lowest BCUT2D eigenvalue weighted by atomic mass is 10.1. The highest BCUT2D eigenvalue weighted by Gasteiger charge is 2.06. The molecule has 0 atom stereocenters. The number of rotatable bonds is 7. The zero-order valence-electron chi connectivity index (χ0n) is 14.3. The number of nitrogens with one attached hydrogen (secondary N) is 2. The van der Waals surface area contributed by atoms with Gasteiger partial charge in [0, 0.05) is 0 Å². The molecule has 0 heterocycles. The minimum Gasteiger partial charge on any atom is -0.497 e. The average Bonchev–Trinajstić information content (AvgIpc) is 2.62. The summed E-state index contributed by atoms with van der Waals surface area (Å²) in [7, 11) is 1.58. The second-order valence-electron chi connectivity index (χ2n) is 5.51. The summed E-state index contributed by atoms with van der Waals surface area (Å²) in [5, 5.41) is 6.42. The summed E-state index contributed by atoms with van der Waals surface area (Å²) in [4.78, 5) is 23.5. The molecule has 0 fully saturated rings. The van der Waals surface area contributed by atoms with E-state index in [-0.39, 0.29) is 24.8 Å². The maximum absolute atomic E-state index is 11.8. The van der Waals surface area contributed by atoms with Crippen LogP contribution in [0.25, 0.3) is 0 Å². The number of carbonyl (C=O) groups is 2. The van der Waals surface area contributed by atoms with Crippen molar-refractivity contribution in [3.63, 3.8) is 0 Å². The number of hydrogen-bond acceptors (Lipinski definition) is 4. The van der Waals surface area contributed by atoms with Crippen LogP contribution < -0.4 is 15.5 Å².